The van der Waals surface area contributed by atoms with Crippen LogP contribution in [0.4, 0.5) is 5.69 Å². The maximum Gasteiger partial charge on any atom is 0.341 e. The van der Waals surface area contributed by atoms with Crippen molar-refractivity contribution in [1.29, 1.82) is 0 Å². The monoisotopic (exact) mass is 464 g/mol. The molecule has 0 heterocycles. The number of carbonyl (C=O) groups is 2. The minimum atomic E-state index is -3.57. The fourth-order valence-electron chi connectivity index (χ4n) is 2.04. The van der Waals surface area contributed by atoms with Crippen molar-refractivity contribution in [2.24, 2.45) is 0 Å². The van der Waals surface area contributed by atoms with Gasteiger partial charge in [-0.3, -0.25) is 4.79 Å². The fourth-order valence-corrected chi connectivity index (χ4v) is 3.62. The molecule has 0 aliphatic carbocycles. The third-order valence-electron chi connectivity index (χ3n) is 3.50. The van der Waals surface area contributed by atoms with E-state index >= 15 is 0 Å². The molecule has 150 valence electrons. The lowest BCUT2D eigenvalue weighted by Gasteiger charge is -2.12. The number of carbonyl (C=O) groups excluding carboxylic acids is 2. The van der Waals surface area contributed by atoms with E-state index < -0.39 is 28.5 Å². The summed E-state index contributed by atoms with van der Waals surface area (Å²) in [5.41, 5.74) is 0.194. The number of hydrogen-bond donors (Lipinski definition) is 1. The Morgan fingerprint density at radius 1 is 1.00 bits per heavy atom. The molecule has 1 amide bonds. The molecule has 0 fully saturated rings. The smallest absolute Gasteiger partial charge is 0.341 e. The van der Waals surface area contributed by atoms with Crippen LogP contribution in [0.15, 0.2) is 41.3 Å². The van der Waals surface area contributed by atoms with Crippen LogP contribution in [-0.2, 0) is 19.6 Å². The summed E-state index contributed by atoms with van der Waals surface area (Å²) in [6.07, 6.45) is 0. The van der Waals surface area contributed by atoms with Gasteiger partial charge in [0.2, 0.25) is 10.0 Å². The molecule has 0 atom stereocenters. The van der Waals surface area contributed by atoms with Gasteiger partial charge in [-0.05, 0) is 36.4 Å². The van der Waals surface area contributed by atoms with Gasteiger partial charge < -0.3 is 10.1 Å². The number of hydrogen-bond acceptors (Lipinski definition) is 5. The molecule has 1 N–H and O–H groups in total. The molecule has 2 aromatic carbocycles. The Labute approximate surface area is 177 Å². The van der Waals surface area contributed by atoms with Crippen LogP contribution in [0, 0.1) is 0 Å². The van der Waals surface area contributed by atoms with Gasteiger partial charge in [-0.2, -0.15) is 0 Å². The van der Waals surface area contributed by atoms with Crippen LogP contribution >= 0.6 is 34.8 Å². The Bertz CT molecular complexity index is 1010. The van der Waals surface area contributed by atoms with Crippen molar-refractivity contribution in [1.82, 2.24) is 4.31 Å². The third kappa shape index (κ3) is 5.15. The number of amides is 1. The molecule has 11 heteroatoms. The average Bonchev–Trinajstić information content (AvgIpc) is 2.63. The molecule has 0 aliphatic heterocycles. The zero-order chi connectivity index (χ0) is 21.1. The van der Waals surface area contributed by atoms with Gasteiger partial charge in [-0.25, -0.2) is 17.5 Å². The molecular formula is C17H15Cl3N2O5S. The van der Waals surface area contributed by atoms with Crippen molar-refractivity contribution in [2.45, 2.75) is 4.90 Å². The van der Waals surface area contributed by atoms with Crippen LogP contribution < -0.4 is 5.32 Å². The van der Waals surface area contributed by atoms with Crippen LogP contribution in [0.25, 0.3) is 0 Å². The number of esters is 1. The summed E-state index contributed by atoms with van der Waals surface area (Å²) in [4.78, 5) is 24.2. The van der Waals surface area contributed by atoms with Crippen molar-refractivity contribution in [3.05, 3.63) is 57.0 Å². The molecule has 7 nitrogen and oxygen atoms in total. The second kappa shape index (κ2) is 9.11. The Kier molecular flexibility index (Phi) is 7.30. The van der Waals surface area contributed by atoms with Gasteiger partial charge >= 0.3 is 5.97 Å². The summed E-state index contributed by atoms with van der Waals surface area (Å²) in [5, 5.41) is 2.57. The van der Waals surface area contributed by atoms with Gasteiger partial charge in [0.1, 0.15) is 0 Å². The molecule has 0 saturated carbocycles. The van der Waals surface area contributed by atoms with Crippen LogP contribution in [0.3, 0.4) is 0 Å². The average molecular weight is 466 g/mol. The number of nitrogens with one attached hydrogen (secondary N) is 1. The van der Waals surface area contributed by atoms with Crippen LogP contribution in [0.1, 0.15) is 10.4 Å². The number of ether oxygens (including phenoxy) is 1. The van der Waals surface area contributed by atoms with E-state index in [0.717, 1.165) is 4.31 Å². The van der Waals surface area contributed by atoms with E-state index in [9.17, 15) is 18.0 Å². The highest BCUT2D eigenvalue weighted by molar-refractivity contribution is 7.89. The summed E-state index contributed by atoms with van der Waals surface area (Å²) >= 11 is 17.7. The lowest BCUT2D eigenvalue weighted by atomic mass is 10.2. The number of nitrogens with zero attached hydrogens (tertiary/aromatic N) is 1. The molecular weight excluding hydrogens is 451 g/mol. The number of sulfonamides is 1. The maximum absolute atomic E-state index is 12.1. The van der Waals surface area contributed by atoms with Crippen LogP contribution in [0.2, 0.25) is 15.1 Å². The predicted octanol–water partition coefficient (Wildman–Crippen LogP) is 3.69. The molecule has 0 aliphatic rings. The van der Waals surface area contributed by atoms with Gasteiger partial charge in [0.05, 0.1) is 25.5 Å². The first-order valence-corrected chi connectivity index (χ1v) is 10.2. The summed E-state index contributed by atoms with van der Waals surface area (Å²) < 4.78 is 30.0. The van der Waals surface area contributed by atoms with E-state index in [0.29, 0.717) is 5.69 Å². The zero-order valence-corrected chi connectivity index (χ0v) is 17.8. The number of anilines is 1. The molecule has 0 aromatic heterocycles. The minimum Gasteiger partial charge on any atom is -0.452 e. The third-order valence-corrected chi connectivity index (χ3v) is 6.45. The van der Waals surface area contributed by atoms with Crippen molar-refractivity contribution in [2.75, 3.05) is 26.0 Å². The largest absolute Gasteiger partial charge is 0.452 e. The van der Waals surface area contributed by atoms with Gasteiger partial charge in [-0.15, -0.1) is 0 Å². The molecule has 0 bridgehead atoms. The predicted molar refractivity (Wildman–Crippen MR) is 108 cm³/mol. The summed E-state index contributed by atoms with van der Waals surface area (Å²) in [6, 6.07) is 8.35. The van der Waals surface area contributed by atoms with Gasteiger partial charge in [0.15, 0.2) is 6.61 Å². The molecule has 2 aromatic rings. The van der Waals surface area contributed by atoms with Crippen molar-refractivity contribution in [3.8, 4) is 0 Å². The topological polar surface area (TPSA) is 92.8 Å². The van der Waals surface area contributed by atoms with Crippen LogP contribution in [0.5, 0.6) is 0 Å². The molecule has 28 heavy (non-hydrogen) atoms. The van der Waals surface area contributed by atoms with E-state index in [2.05, 4.69) is 5.32 Å². The lowest BCUT2D eigenvalue weighted by molar-refractivity contribution is -0.119. The fraction of sp³-hybridized carbons (Fsp3) is 0.176. The number of rotatable bonds is 6. The summed E-state index contributed by atoms with van der Waals surface area (Å²) in [7, 11) is -0.741. The van der Waals surface area contributed by atoms with Crippen molar-refractivity contribution < 1.29 is 22.7 Å². The van der Waals surface area contributed by atoms with E-state index in [1.165, 1.54) is 50.5 Å². The second-order valence-corrected chi connectivity index (χ2v) is 9.00. The van der Waals surface area contributed by atoms with Crippen molar-refractivity contribution in [3.63, 3.8) is 0 Å². The first kappa shape index (κ1) is 22.4. The summed E-state index contributed by atoms with van der Waals surface area (Å²) in [6.45, 7) is -0.601. The first-order chi connectivity index (χ1) is 13.0. The highest BCUT2D eigenvalue weighted by Gasteiger charge is 2.20. The van der Waals surface area contributed by atoms with Crippen LogP contribution in [-0.4, -0.2) is 45.3 Å². The number of halogens is 3. The zero-order valence-electron chi connectivity index (χ0n) is 14.7. The second-order valence-electron chi connectivity index (χ2n) is 5.65. The highest BCUT2D eigenvalue weighted by Crippen LogP contribution is 2.31. The Morgan fingerprint density at radius 3 is 2.14 bits per heavy atom. The lowest BCUT2D eigenvalue weighted by Crippen LogP contribution is -2.23. The SMILES string of the molecule is CN(C)S(=O)(=O)c1ccc(NC(=O)COC(=O)c2c(Cl)ccc(Cl)c2Cl)cc1. The van der Waals surface area contributed by atoms with Gasteiger partial charge in [-0.1, -0.05) is 34.8 Å². The Hall–Kier alpha value is -1.84. The van der Waals surface area contributed by atoms with Gasteiger partial charge in [0, 0.05) is 19.8 Å². The maximum atomic E-state index is 12.1. The molecule has 0 radical (unpaired) electrons. The van der Waals surface area contributed by atoms with E-state index in [1.807, 2.05) is 0 Å². The highest BCUT2D eigenvalue weighted by atomic mass is 35.5. The summed E-state index contributed by atoms with van der Waals surface area (Å²) in [5.74, 6) is -1.54. The standard InChI is InChI=1S/C17H15Cl3N2O5S/c1-22(2)28(25,26)11-5-3-10(4-6-11)21-14(23)9-27-17(24)15-12(18)7-8-13(19)16(15)20/h3-8H,9H2,1-2H3,(H,21,23). The van der Waals surface area contributed by atoms with Crippen molar-refractivity contribution >= 4 is 62.4 Å². The normalized spacial score (nSPS) is 11.4. The van der Waals surface area contributed by atoms with E-state index in [-0.39, 0.29) is 25.5 Å². The minimum absolute atomic E-state index is 0.0394. The quantitative estimate of drug-likeness (QED) is 0.519. The first-order valence-electron chi connectivity index (χ1n) is 7.67. The van der Waals surface area contributed by atoms with E-state index in [1.54, 1.807) is 0 Å². The van der Waals surface area contributed by atoms with E-state index in [4.69, 9.17) is 39.5 Å². The Balaban J connectivity index is 2.00. The molecule has 0 saturated heterocycles. The molecule has 0 unspecified atom stereocenters. The molecule has 0 spiro atoms. The van der Waals surface area contributed by atoms with Gasteiger partial charge in [0.25, 0.3) is 5.91 Å². The Morgan fingerprint density at radius 2 is 1.57 bits per heavy atom. The number of benzene rings is 2. The molecule has 2 rings (SSSR count).